The van der Waals surface area contributed by atoms with Crippen LogP contribution in [0.15, 0.2) is 53.5 Å². The summed E-state index contributed by atoms with van der Waals surface area (Å²) in [5.74, 6) is 0.992. The van der Waals surface area contributed by atoms with Crippen molar-refractivity contribution in [3.05, 3.63) is 65.2 Å². The Bertz CT molecular complexity index is 987. The first-order valence-corrected chi connectivity index (χ1v) is 8.56. The van der Waals surface area contributed by atoms with Crippen LogP contribution < -0.4 is 5.32 Å². The van der Waals surface area contributed by atoms with E-state index >= 15 is 0 Å². The number of phenolic OH excluding ortho intramolecular Hbond substituents is 1. The predicted octanol–water partition coefficient (Wildman–Crippen LogP) is 4.78. The smallest absolute Gasteiger partial charge is 0.193 e. The molecule has 0 amide bonds. The maximum Gasteiger partial charge on any atom is 0.193 e. The van der Waals surface area contributed by atoms with Crippen LogP contribution in [-0.2, 0) is 5.41 Å². The van der Waals surface area contributed by atoms with Crippen LogP contribution in [0.3, 0.4) is 0 Å². The Kier molecular flexibility index (Phi) is 4.95. The number of aromatic nitrogens is 2. The molecule has 0 atom stereocenters. The van der Waals surface area contributed by atoms with E-state index in [0.717, 1.165) is 11.3 Å². The van der Waals surface area contributed by atoms with Crippen LogP contribution in [0.25, 0.3) is 0 Å². The zero-order chi connectivity index (χ0) is 19.4. The zero-order valence-electron chi connectivity index (χ0n) is 15.5. The highest BCUT2D eigenvalue weighted by atomic mass is 16.3. The lowest BCUT2D eigenvalue weighted by atomic mass is 9.87. The van der Waals surface area contributed by atoms with E-state index in [0.29, 0.717) is 17.2 Å². The number of rotatable bonds is 4. The van der Waals surface area contributed by atoms with E-state index in [1.54, 1.807) is 30.5 Å². The predicted molar refractivity (Wildman–Crippen MR) is 107 cm³/mol. The van der Waals surface area contributed by atoms with Crippen molar-refractivity contribution >= 4 is 23.5 Å². The Balaban J connectivity index is 1.80. The summed E-state index contributed by atoms with van der Waals surface area (Å²) in [5.41, 5.74) is 3.31. The minimum Gasteiger partial charge on any atom is -0.508 e. The first kappa shape index (κ1) is 18.2. The van der Waals surface area contributed by atoms with Crippen molar-refractivity contribution in [2.24, 2.45) is 4.99 Å². The van der Waals surface area contributed by atoms with Gasteiger partial charge in [0.1, 0.15) is 23.2 Å². The van der Waals surface area contributed by atoms with Crippen LogP contribution in [0.1, 0.15) is 37.5 Å². The van der Waals surface area contributed by atoms with Gasteiger partial charge in [0, 0.05) is 11.9 Å². The zero-order valence-corrected chi connectivity index (χ0v) is 15.5. The second kappa shape index (κ2) is 7.34. The van der Waals surface area contributed by atoms with E-state index < -0.39 is 0 Å². The van der Waals surface area contributed by atoms with Gasteiger partial charge in [-0.2, -0.15) is 10.4 Å². The van der Waals surface area contributed by atoms with Crippen molar-refractivity contribution in [3.8, 4) is 11.8 Å². The SMILES string of the molecule is CC(C)(C)c1ccc(Nc2[nH]nc(/N=C/c3ccc(O)cc3)c2C#N)cc1. The lowest BCUT2D eigenvalue weighted by Crippen LogP contribution is -2.10. The minimum absolute atomic E-state index is 0.0838. The largest absolute Gasteiger partial charge is 0.508 e. The van der Waals surface area contributed by atoms with Gasteiger partial charge in [0.05, 0.1) is 0 Å². The van der Waals surface area contributed by atoms with E-state index in [-0.39, 0.29) is 11.2 Å². The Morgan fingerprint density at radius 3 is 2.37 bits per heavy atom. The molecule has 6 nitrogen and oxygen atoms in total. The molecule has 1 heterocycles. The highest BCUT2D eigenvalue weighted by Crippen LogP contribution is 2.28. The molecule has 27 heavy (non-hydrogen) atoms. The molecular formula is C21H21N5O. The van der Waals surface area contributed by atoms with Gasteiger partial charge in [-0.05, 0) is 52.9 Å². The molecule has 0 saturated carbocycles. The molecule has 0 aliphatic rings. The number of benzene rings is 2. The lowest BCUT2D eigenvalue weighted by molar-refractivity contribution is 0.475. The van der Waals surface area contributed by atoms with Crippen LogP contribution in [-0.4, -0.2) is 21.5 Å². The molecule has 3 N–H and O–H groups in total. The number of H-pyrrole nitrogens is 1. The van der Waals surface area contributed by atoms with Crippen molar-refractivity contribution in [1.82, 2.24) is 10.2 Å². The van der Waals surface area contributed by atoms with E-state index in [1.807, 2.05) is 12.1 Å². The molecule has 0 fully saturated rings. The van der Waals surface area contributed by atoms with Gasteiger partial charge in [0.25, 0.3) is 0 Å². The number of phenols is 1. The summed E-state index contributed by atoms with van der Waals surface area (Å²) in [7, 11) is 0. The van der Waals surface area contributed by atoms with Gasteiger partial charge >= 0.3 is 0 Å². The quantitative estimate of drug-likeness (QED) is 0.584. The number of nitrogens with zero attached hydrogens (tertiary/aromatic N) is 3. The molecule has 6 heteroatoms. The summed E-state index contributed by atoms with van der Waals surface area (Å²) >= 11 is 0. The van der Waals surface area contributed by atoms with Crippen molar-refractivity contribution in [3.63, 3.8) is 0 Å². The molecular weight excluding hydrogens is 338 g/mol. The molecule has 0 saturated heterocycles. The Morgan fingerprint density at radius 1 is 1.11 bits per heavy atom. The molecule has 136 valence electrons. The average Bonchev–Trinajstić information content (AvgIpc) is 3.02. The number of aromatic amines is 1. The third kappa shape index (κ3) is 4.33. The topological polar surface area (TPSA) is 97.1 Å². The van der Waals surface area contributed by atoms with E-state index in [4.69, 9.17) is 0 Å². The van der Waals surface area contributed by atoms with Crippen LogP contribution in [0.2, 0.25) is 0 Å². The Morgan fingerprint density at radius 2 is 1.78 bits per heavy atom. The van der Waals surface area contributed by atoms with Gasteiger partial charge in [0.15, 0.2) is 5.82 Å². The van der Waals surface area contributed by atoms with Gasteiger partial charge in [0.2, 0.25) is 0 Å². The van der Waals surface area contributed by atoms with Crippen molar-refractivity contribution < 1.29 is 5.11 Å². The summed E-state index contributed by atoms with van der Waals surface area (Å²) in [6.07, 6.45) is 1.60. The third-order valence-electron chi connectivity index (χ3n) is 4.11. The molecule has 0 aliphatic carbocycles. The number of aromatic hydroxyl groups is 1. The Labute approximate surface area is 158 Å². The molecule has 0 spiro atoms. The monoisotopic (exact) mass is 359 g/mol. The fraction of sp³-hybridized carbons (Fsp3) is 0.190. The highest BCUT2D eigenvalue weighted by molar-refractivity contribution is 5.83. The highest BCUT2D eigenvalue weighted by Gasteiger charge is 2.15. The van der Waals surface area contributed by atoms with Crippen LogP contribution in [0.5, 0.6) is 5.75 Å². The summed E-state index contributed by atoms with van der Waals surface area (Å²) in [6.45, 7) is 6.49. The van der Waals surface area contributed by atoms with Crippen molar-refractivity contribution in [2.75, 3.05) is 5.32 Å². The van der Waals surface area contributed by atoms with Gasteiger partial charge < -0.3 is 10.4 Å². The molecule has 3 rings (SSSR count). The van der Waals surface area contributed by atoms with Gasteiger partial charge in [-0.15, -0.1) is 0 Å². The summed E-state index contributed by atoms with van der Waals surface area (Å²) in [4.78, 5) is 4.27. The first-order chi connectivity index (χ1) is 12.9. The van der Waals surface area contributed by atoms with Crippen LogP contribution >= 0.6 is 0 Å². The fourth-order valence-corrected chi connectivity index (χ4v) is 2.52. The van der Waals surface area contributed by atoms with E-state index in [1.165, 1.54) is 5.56 Å². The summed E-state index contributed by atoms with van der Waals surface area (Å²) in [6, 6.07) is 16.8. The number of nitriles is 1. The number of nitrogens with one attached hydrogen (secondary N) is 2. The molecule has 0 bridgehead atoms. The number of hydrogen-bond donors (Lipinski definition) is 3. The third-order valence-corrected chi connectivity index (χ3v) is 4.11. The van der Waals surface area contributed by atoms with Gasteiger partial charge in [-0.25, -0.2) is 4.99 Å². The standard InChI is InChI=1S/C21H21N5O/c1-21(2,3)15-6-8-16(9-7-15)24-20-18(12-22)19(25-26-20)23-13-14-4-10-17(27)11-5-14/h4-11,13,27H,1-3H3,(H2,24,25,26)/b23-13+. The van der Waals surface area contributed by atoms with Crippen molar-refractivity contribution in [1.29, 1.82) is 5.26 Å². The van der Waals surface area contributed by atoms with E-state index in [9.17, 15) is 10.4 Å². The summed E-state index contributed by atoms with van der Waals surface area (Å²) < 4.78 is 0. The second-order valence-electron chi connectivity index (χ2n) is 7.21. The molecule has 0 radical (unpaired) electrons. The number of anilines is 2. The van der Waals surface area contributed by atoms with Gasteiger partial charge in [-0.3, -0.25) is 5.10 Å². The van der Waals surface area contributed by atoms with Gasteiger partial charge in [-0.1, -0.05) is 32.9 Å². The maximum absolute atomic E-state index is 9.49. The molecule has 1 aromatic heterocycles. The van der Waals surface area contributed by atoms with Crippen LogP contribution in [0.4, 0.5) is 17.3 Å². The molecule has 2 aromatic carbocycles. The second-order valence-corrected chi connectivity index (χ2v) is 7.21. The van der Waals surface area contributed by atoms with Crippen LogP contribution in [0, 0.1) is 11.3 Å². The minimum atomic E-state index is 0.0838. The normalized spacial score (nSPS) is 11.5. The number of aliphatic imine (C=N–C) groups is 1. The number of hydrogen-bond acceptors (Lipinski definition) is 5. The molecule has 0 aliphatic heterocycles. The first-order valence-electron chi connectivity index (χ1n) is 8.56. The lowest BCUT2D eigenvalue weighted by Gasteiger charge is -2.19. The Hall–Kier alpha value is -3.59. The average molecular weight is 359 g/mol. The molecule has 3 aromatic rings. The summed E-state index contributed by atoms with van der Waals surface area (Å²) in [5, 5.41) is 28.9. The maximum atomic E-state index is 9.49. The fourth-order valence-electron chi connectivity index (χ4n) is 2.52. The van der Waals surface area contributed by atoms with E-state index in [2.05, 4.69) is 59.5 Å². The molecule has 0 unspecified atom stereocenters. The van der Waals surface area contributed by atoms with Crippen molar-refractivity contribution in [2.45, 2.75) is 26.2 Å².